The van der Waals surface area contributed by atoms with Gasteiger partial charge in [-0.05, 0) is 24.5 Å². The van der Waals surface area contributed by atoms with Crippen LogP contribution >= 0.6 is 11.8 Å². The topological polar surface area (TPSA) is 37.4 Å². The van der Waals surface area contributed by atoms with Gasteiger partial charge >= 0.3 is 6.18 Å². The molecule has 0 bridgehead atoms. The Morgan fingerprint density at radius 1 is 1.26 bits per heavy atom. The smallest absolute Gasteiger partial charge is 0.212 e. The molecule has 1 aliphatic heterocycles. The van der Waals surface area contributed by atoms with Gasteiger partial charge in [0.05, 0.1) is 12.2 Å². The number of rotatable bonds is 4. The van der Waals surface area contributed by atoms with Crippen LogP contribution in [0.1, 0.15) is 29.2 Å². The van der Waals surface area contributed by atoms with Gasteiger partial charge in [0.15, 0.2) is 0 Å². The molecule has 8 heteroatoms. The summed E-state index contributed by atoms with van der Waals surface area (Å²) in [7, 11) is -3.86. The zero-order chi connectivity index (χ0) is 17.1. The Labute approximate surface area is 139 Å². The number of benzene rings is 1. The van der Waals surface area contributed by atoms with Gasteiger partial charge in [0.25, 0.3) is 0 Å². The van der Waals surface area contributed by atoms with Crippen LogP contribution in [0.25, 0.3) is 0 Å². The first-order valence-electron chi connectivity index (χ1n) is 7.41. The van der Waals surface area contributed by atoms with Crippen LogP contribution in [-0.2, 0) is 10.0 Å². The van der Waals surface area contributed by atoms with E-state index in [9.17, 15) is 21.6 Å². The maximum atomic E-state index is 12.3. The molecule has 1 fully saturated rings. The van der Waals surface area contributed by atoms with Crippen molar-refractivity contribution in [3.63, 3.8) is 0 Å². The van der Waals surface area contributed by atoms with E-state index in [-0.39, 0.29) is 18.3 Å². The first-order valence-corrected chi connectivity index (χ1v) is 10.1. The molecular weight excluding hydrogens is 347 g/mol. The molecule has 130 valence electrons. The van der Waals surface area contributed by atoms with Gasteiger partial charge in [-0.3, -0.25) is 0 Å². The number of sulfonamides is 1. The highest BCUT2D eigenvalue weighted by Gasteiger charge is 2.33. The van der Waals surface area contributed by atoms with E-state index in [1.165, 1.54) is 9.87 Å². The van der Waals surface area contributed by atoms with Crippen LogP contribution in [0.3, 0.4) is 0 Å². The molecule has 1 aliphatic rings. The second-order valence-corrected chi connectivity index (χ2v) is 8.98. The first-order chi connectivity index (χ1) is 10.7. The summed E-state index contributed by atoms with van der Waals surface area (Å²) in [6.07, 6.45) is -5.13. The van der Waals surface area contributed by atoms with Gasteiger partial charge in [0.2, 0.25) is 10.0 Å². The molecule has 0 aromatic heterocycles. The van der Waals surface area contributed by atoms with Gasteiger partial charge in [0.1, 0.15) is 0 Å². The fourth-order valence-electron chi connectivity index (χ4n) is 2.60. The Kier molecular flexibility index (Phi) is 6.02. The third-order valence-electron chi connectivity index (χ3n) is 3.87. The number of nitrogens with zero attached hydrogens (tertiary/aromatic N) is 1. The molecule has 2 rings (SSSR count). The predicted octanol–water partition coefficient (Wildman–Crippen LogP) is 3.76. The maximum Gasteiger partial charge on any atom is 0.390 e. The molecule has 0 N–H and O–H groups in total. The summed E-state index contributed by atoms with van der Waals surface area (Å²) in [6, 6.07) is 7.94. The molecule has 0 amide bonds. The van der Waals surface area contributed by atoms with E-state index in [0.717, 1.165) is 5.56 Å². The third kappa shape index (κ3) is 5.39. The molecule has 0 radical (unpaired) electrons. The number of hydrogen-bond acceptors (Lipinski definition) is 3. The lowest BCUT2D eigenvalue weighted by Gasteiger charge is -2.20. The number of alkyl halides is 3. The highest BCUT2D eigenvalue weighted by Crippen LogP contribution is 2.36. The van der Waals surface area contributed by atoms with Crippen LogP contribution in [0.2, 0.25) is 0 Å². The average Bonchev–Trinajstić information content (AvgIpc) is 2.71. The second kappa shape index (κ2) is 7.44. The number of hydrogen-bond donors (Lipinski definition) is 0. The normalized spacial score (nSPS) is 21.1. The summed E-state index contributed by atoms with van der Waals surface area (Å²) < 4.78 is 62.3. The largest absolute Gasteiger partial charge is 0.390 e. The van der Waals surface area contributed by atoms with E-state index in [2.05, 4.69) is 0 Å². The highest BCUT2D eigenvalue weighted by atomic mass is 32.2. The van der Waals surface area contributed by atoms with Crippen molar-refractivity contribution >= 4 is 21.8 Å². The summed E-state index contributed by atoms with van der Waals surface area (Å²) >= 11 is 1.67. The van der Waals surface area contributed by atoms with E-state index in [1.54, 1.807) is 11.8 Å². The van der Waals surface area contributed by atoms with Gasteiger partial charge < -0.3 is 0 Å². The average molecular weight is 367 g/mol. The fourth-order valence-corrected chi connectivity index (χ4v) is 5.54. The fraction of sp³-hybridized carbons (Fsp3) is 0.600. The Hall–Kier alpha value is -0.730. The Balaban J connectivity index is 2.02. The summed E-state index contributed by atoms with van der Waals surface area (Å²) in [5, 5.41) is 0.180. The summed E-state index contributed by atoms with van der Waals surface area (Å²) in [4.78, 5) is 0. The lowest BCUT2D eigenvalue weighted by atomic mass is 10.0. The molecule has 1 aromatic rings. The monoisotopic (exact) mass is 367 g/mol. The van der Waals surface area contributed by atoms with Crippen molar-refractivity contribution in [1.82, 2.24) is 4.31 Å². The van der Waals surface area contributed by atoms with E-state index in [1.807, 2.05) is 31.2 Å². The quantitative estimate of drug-likeness (QED) is 0.813. The maximum absolute atomic E-state index is 12.3. The van der Waals surface area contributed by atoms with Crippen molar-refractivity contribution in [2.24, 2.45) is 0 Å². The van der Waals surface area contributed by atoms with Crippen molar-refractivity contribution in [3.8, 4) is 0 Å². The van der Waals surface area contributed by atoms with E-state index in [4.69, 9.17) is 0 Å². The van der Waals surface area contributed by atoms with Gasteiger partial charge in [-0.15, -0.1) is 0 Å². The van der Waals surface area contributed by atoms with E-state index >= 15 is 0 Å². The molecule has 0 unspecified atom stereocenters. The van der Waals surface area contributed by atoms with Crippen LogP contribution in [0.4, 0.5) is 13.2 Å². The molecule has 1 heterocycles. The number of halogens is 3. The highest BCUT2D eigenvalue weighted by molar-refractivity contribution is 7.99. The van der Waals surface area contributed by atoms with Crippen LogP contribution in [0.15, 0.2) is 24.3 Å². The van der Waals surface area contributed by atoms with Gasteiger partial charge in [-0.25, -0.2) is 12.7 Å². The summed E-state index contributed by atoms with van der Waals surface area (Å²) in [6.45, 7) is 2.55. The molecule has 23 heavy (non-hydrogen) atoms. The molecule has 1 saturated heterocycles. The lowest BCUT2D eigenvalue weighted by molar-refractivity contribution is -0.130. The lowest BCUT2D eigenvalue weighted by Crippen LogP contribution is -2.36. The minimum absolute atomic E-state index is 0.180. The zero-order valence-corrected chi connectivity index (χ0v) is 14.5. The molecular formula is C15H20F3NO2S2. The number of thioether (sulfide) groups is 1. The Morgan fingerprint density at radius 3 is 2.61 bits per heavy atom. The van der Waals surface area contributed by atoms with Crippen LogP contribution in [0, 0.1) is 6.92 Å². The first kappa shape index (κ1) is 18.6. The minimum Gasteiger partial charge on any atom is -0.212 e. The van der Waals surface area contributed by atoms with Gasteiger partial charge in [0, 0.05) is 24.1 Å². The molecule has 0 spiro atoms. The SMILES string of the molecule is Cc1ccccc1[C@H]1CCN(S(=O)(=O)CCC(F)(F)F)CCS1. The van der Waals surface area contributed by atoms with Crippen molar-refractivity contribution in [1.29, 1.82) is 0 Å². The number of aryl methyl sites for hydroxylation is 1. The van der Waals surface area contributed by atoms with E-state index < -0.39 is 28.4 Å². The van der Waals surface area contributed by atoms with Crippen molar-refractivity contribution in [2.45, 2.75) is 31.2 Å². The third-order valence-corrected chi connectivity index (χ3v) is 7.05. The molecule has 0 aliphatic carbocycles. The Morgan fingerprint density at radius 2 is 1.96 bits per heavy atom. The molecule has 3 nitrogen and oxygen atoms in total. The zero-order valence-electron chi connectivity index (χ0n) is 12.8. The van der Waals surface area contributed by atoms with Gasteiger partial charge in [-0.2, -0.15) is 24.9 Å². The second-order valence-electron chi connectivity index (χ2n) is 5.58. The van der Waals surface area contributed by atoms with Crippen LogP contribution < -0.4 is 0 Å². The van der Waals surface area contributed by atoms with Crippen LogP contribution in [0.5, 0.6) is 0 Å². The standard InChI is InChI=1S/C15H20F3NO2S2/c1-12-4-2-3-5-13(12)14-6-8-19(9-10-22-14)23(20,21)11-7-15(16,17)18/h2-5,14H,6-11H2,1H3/t14-/m1/s1. The summed E-state index contributed by atoms with van der Waals surface area (Å²) in [5.74, 6) is -0.277. The van der Waals surface area contributed by atoms with Crippen molar-refractivity contribution in [3.05, 3.63) is 35.4 Å². The Bertz CT molecular complexity index is 632. The summed E-state index contributed by atoms with van der Waals surface area (Å²) in [5.41, 5.74) is 2.32. The molecule has 1 aromatic carbocycles. The predicted molar refractivity (Wildman–Crippen MR) is 87.0 cm³/mol. The van der Waals surface area contributed by atoms with Crippen molar-refractivity contribution in [2.75, 3.05) is 24.6 Å². The van der Waals surface area contributed by atoms with E-state index in [0.29, 0.717) is 12.2 Å². The van der Waals surface area contributed by atoms with Crippen LogP contribution in [-0.4, -0.2) is 43.5 Å². The molecule has 0 saturated carbocycles. The van der Waals surface area contributed by atoms with Crippen molar-refractivity contribution < 1.29 is 21.6 Å². The molecule has 1 atom stereocenters. The minimum atomic E-state index is -4.45. The van der Waals surface area contributed by atoms with Gasteiger partial charge in [-0.1, -0.05) is 24.3 Å².